The summed E-state index contributed by atoms with van der Waals surface area (Å²) in [5.41, 5.74) is 0.586. The van der Waals surface area contributed by atoms with E-state index in [2.05, 4.69) is 0 Å². The van der Waals surface area contributed by atoms with Gasteiger partial charge in [-0.15, -0.1) is 0 Å². The van der Waals surface area contributed by atoms with E-state index in [0.29, 0.717) is 5.69 Å². The summed E-state index contributed by atoms with van der Waals surface area (Å²) in [4.78, 5) is 13.2. The van der Waals surface area contributed by atoms with Gasteiger partial charge in [0.05, 0.1) is 4.90 Å². The Labute approximate surface area is 113 Å². The van der Waals surface area contributed by atoms with Crippen LogP contribution < -0.4 is 10.0 Å². The van der Waals surface area contributed by atoms with Gasteiger partial charge >= 0.3 is 0 Å². The Morgan fingerprint density at radius 3 is 2.26 bits per heavy atom. The monoisotopic (exact) mass is 280 g/mol. The number of hydrogen-bond acceptors (Lipinski definition) is 3. The van der Waals surface area contributed by atoms with Gasteiger partial charge in [-0.2, -0.15) is 0 Å². The maximum atomic E-state index is 11.8. The van der Waals surface area contributed by atoms with Crippen LogP contribution in [0.2, 0.25) is 0 Å². The second-order valence-electron chi connectivity index (χ2n) is 3.82. The lowest BCUT2D eigenvalue weighted by Gasteiger charge is -2.15. The molecule has 0 aliphatic rings. The zero-order valence-corrected chi connectivity index (χ0v) is 11.6. The van der Waals surface area contributed by atoms with E-state index in [0.717, 1.165) is 0 Å². The van der Waals surface area contributed by atoms with Crippen LogP contribution in [0, 0.1) is 0 Å². The Morgan fingerprint density at radius 2 is 1.79 bits per heavy atom. The minimum absolute atomic E-state index is 0.0153. The average Bonchev–Trinajstić information content (AvgIpc) is 2.37. The minimum atomic E-state index is -3.71. The number of rotatable bonds is 4. The van der Waals surface area contributed by atoms with Gasteiger partial charge in [-0.1, -0.05) is 18.2 Å². The van der Waals surface area contributed by atoms with Gasteiger partial charge in [0.1, 0.15) is 0 Å². The van der Waals surface area contributed by atoms with E-state index in [-0.39, 0.29) is 10.8 Å². The third-order valence-electron chi connectivity index (χ3n) is 2.43. The molecule has 2 N–H and O–H groups in total. The summed E-state index contributed by atoms with van der Waals surface area (Å²) < 4.78 is 22.2. The van der Waals surface area contributed by atoms with Gasteiger partial charge in [0.25, 0.3) is 5.91 Å². The molecule has 1 aromatic carbocycles. The summed E-state index contributed by atoms with van der Waals surface area (Å²) in [6.07, 6.45) is 6.62. The topological polar surface area (TPSA) is 80.5 Å². The Bertz CT molecular complexity index is 601. The molecule has 0 aliphatic heterocycles. The van der Waals surface area contributed by atoms with E-state index in [9.17, 15) is 13.2 Å². The van der Waals surface area contributed by atoms with Gasteiger partial charge in [0.15, 0.2) is 0 Å². The van der Waals surface area contributed by atoms with Crippen molar-refractivity contribution in [3.05, 3.63) is 48.6 Å². The molecule has 0 aliphatic carbocycles. The molecule has 0 spiro atoms. The van der Waals surface area contributed by atoms with Crippen molar-refractivity contribution in [2.45, 2.75) is 11.8 Å². The van der Waals surface area contributed by atoms with Crippen molar-refractivity contribution in [2.24, 2.45) is 5.14 Å². The van der Waals surface area contributed by atoms with Crippen LogP contribution in [0.3, 0.4) is 0 Å². The number of primary sulfonamides is 1. The Morgan fingerprint density at radius 1 is 1.21 bits per heavy atom. The van der Waals surface area contributed by atoms with Crippen LogP contribution in [0.4, 0.5) is 5.69 Å². The first-order chi connectivity index (χ1) is 8.86. The first-order valence-corrected chi connectivity index (χ1v) is 7.11. The number of likely N-dealkylation sites (N-methyl/N-ethyl adjacent to an activating group) is 1. The van der Waals surface area contributed by atoms with Gasteiger partial charge in [-0.3, -0.25) is 4.79 Å². The predicted octanol–water partition coefficient (Wildman–Crippen LogP) is 1.43. The van der Waals surface area contributed by atoms with Crippen molar-refractivity contribution in [3.8, 4) is 0 Å². The van der Waals surface area contributed by atoms with Crippen molar-refractivity contribution < 1.29 is 13.2 Å². The second-order valence-corrected chi connectivity index (χ2v) is 5.38. The third kappa shape index (κ3) is 4.35. The van der Waals surface area contributed by atoms with Crippen LogP contribution in [0.15, 0.2) is 53.5 Å². The van der Waals surface area contributed by atoms with Crippen molar-refractivity contribution in [2.75, 3.05) is 11.9 Å². The molecule has 0 unspecified atom stereocenters. The molecular weight excluding hydrogens is 264 g/mol. The van der Waals surface area contributed by atoms with Crippen LogP contribution in [-0.2, 0) is 14.8 Å². The maximum absolute atomic E-state index is 11.8. The van der Waals surface area contributed by atoms with Crippen LogP contribution >= 0.6 is 0 Å². The lowest BCUT2D eigenvalue weighted by atomic mass is 10.3. The molecule has 0 saturated carbocycles. The number of amides is 1. The number of sulfonamides is 1. The molecule has 1 aromatic rings. The molecule has 0 aromatic heterocycles. The summed E-state index contributed by atoms with van der Waals surface area (Å²) in [6.45, 7) is 1.85. The Kier molecular flexibility index (Phi) is 5.02. The molecule has 1 rings (SSSR count). The first-order valence-electron chi connectivity index (χ1n) is 5.56. The highest BCUT2D eigenvalue weighted by Gasteiger charge is 2.10. The van der Waals surface area contributed by atoms with Gasteiger partial charge in [0.2, 0.25) is 10.0 Å². The fourth-order valence-corrected chi connectivity index (χ4v) is 1.86. The quantitative estimate of drug-likeness (QED) is 0.669. The third-order valence-corrected chi connectivity index (χ3v) is 3.35. The molecule has 6 heteroatoms. The number of benzene rings is 1. The molecule has 19 heavy (non-hydrogen) atoms. The van der Waals surface area contributed by atoms with Gasteiger partial charge in [0, 0.05) is 18.8 Å². The van der Waals surface area contributed by atoms with Crippen LogP contribution in [0.25, 0.3) is 0 Å². The van der Waals surface area contributed by atoms with Gasteiger partial charge in [-0.05, 0) is 31.2 Å². The summed E-state index contributed by atoms with van der Waals surface area (Å²) >= 11 is 0. The summed E-state index contributed by atoms with van der Waals surface area (Å²) in [6, 6.07) is 5.79. The lowest BCUT2D eigenvalue weighted by molar-refractivity contribution is -0.113. The van der Waals surface area contributed by atoms with E-state index in [4.69, 9.17) is 5.14 Å². The molecule has 0 radical (unpaired) electrons. The van der Waals surface area contributed by atoms with Crippen LogP contribution in [0.1, 0.15) is 6.92 Å². The Balaban J connectivity index is 2.89. The fraction of sp³-hybridized carbons (Fsp3) is 0.154. The normalized spacial score (nSPS) is 12.2. The number of carbonyl (C=O) groups excluding carboxylic acids is 1. The Hall–Kier alpha value is -1.92. The molecule has 0 bridgehead atoms. The minimum Gasteiger partial charge on any atom is -0.312 e. The number of allylic oxidation sites excluding steroid dienone is 3. The van der Waals surface area contributed by atoms with Gasteiger partial charge in [-0.25, -0.2) is 13.6 Å². The number of carbonyl (C=O) groups is 1. The highest BCUT2D eigenvalue weighted by atomic mass is 32.2. The van der Waals surface area contributed by atoms with E-state index < -0.39 is 10.0 Å². The molecule has 0 heterocycles. The number of nitrogens with two attached hydrogens (primary N) is 1. The lowest BCUT2D eigenvalue weighted by Crippen LogP contribution is -2.24. The van der Waals surface area contributed by atoms with Crippen LogP contribution in [-0.4, -0.2) is 21.4 Å². The average molecular weight is 280 g/mol. The smallest absolute Gasteiger partial charge is 0.250 e. The summed E-state index contributed by atoms with van der Waals surface area (Å²) in [5, 5.41) is 5.00. The SMILES string of the molecule is C/C=C/C=C/C(=O)N(C)c1ccc(S(N)(=O)=O)cc1. The van der Waals surface area contributed by atoms with Crippen molar-refractivity contribution in [1.82, 2.24) is 0 Å². The fourth-order valence-electron chi connectivity index (χ4n) is 1.35. The molecular formula is C13H16N2O3S. The van der Waals surface area contributed by atoms with E-state index in [1.165, 1.54) is 35.2 Å². The number of hydrogen-bond donors (Lipinski definition) is 1. The first kappa shape index (κ1) is 15.1. The van der Waals surface area contributed by atoms with Crippen molar-refractivity contribution >= 4 is 21.6 Å². The zero-order valence-electron chi connectivity index (χ0n) is 10.8. The zero-order chi connectivity index (χ0) is 14.5. The molecule has 5 nitrogen and oxygen atoms in total. The molecule has 0 fully saturated rings. The number of anilines is 1. The van der Waals surface area contributed by atoms with Crippen molar-refractivity contribution in [1.29, 1.82) is 0 Å². The van der Waals surface area contributed by atoms with E-state index in [1.807, 2.05) is 13.0 Å². The van der Waals surface area contributed by atoms with Crippen molar-refractivity contribution in [3.63, 3.8) is 0 Å². The number of nitrogens with zero attached hydrogens (tertiary/aromatic N) is 1. The van der Waals surface area contributed by atoms with Gasteiger partial charge < -0.3 is 4.90 Å². The second kappa shape index (κ2) is 6.31. The maximum Gasteiger partial charge on any atom is 0.250 e. The summed E-state index contributed by atoms with van der Waals surface area (Å²) in [5.74, 6) is -0.207. The standard InChI is InChI=1S/C13H16N2O3S/c1-3-4-5-6-13(16)15(2)11-7-9-12(10-8-11)19(14,17)18/h3-10H,1-2H3,(H2,14,17,18)/b4-3+,6-5+. The van der Waals surface area contributed by atoms with E-state index >= 15 is 0 Å². The van der Waals surface area contributed by atoms with E-state index in [1.54, 1.807) is 19.2 Å². The molecule has 1 amide bonds. The molecule has 0 atom stereocenters. The summed E-state index contributed by atoms with van der Waals surface area (Å²) in [7, 11) is -2.10. The largest absolute Gasteiger partial charge is 0.312 e. The highest BCUT2D eigenvalue weighted by Crippen LogP contribution is 2.16. The van der Waals surface area contributed by atoms with Crippen LogP contribution in [0.5, 0.6) is 0 Å². The molecule has 102 valence electrons. The highest BCUT2D eigenvalue weighted by molar-refractivity contribution is 7.89. The molecule has 0 saturated heterocycles. The predicted molar refractivity (Wildman–Crippen MR) is 75.2 cm³/mol.